The Hall–Kier alpha value is -5.21. The third kappa shape index (κ3) is 7.48. The lowest BCUT2D eigenvalue weighted by Crippen LogP contribution is -2.53. The Morgan fingerprint density at radius 3 is 2.62 bits per heavy atom. The molecule has 0 saturated carbocycles. The van der Waals surface area contributed by atoms with Crippen LogP contribution in [0.2, 0.25) is 5.02 Å². The number of anilines is 2. The van der Waals surface area contributed by atoms with Gasteiger partial charge in [-0.2, -0.15) is 23.5 Å². The Morgan fingerprint density at radius 1 is 1.27 bits per heavy atom. The van der Waals surface area contributed by atoms with Gasteiger partial charge in [0.15, 0.2) is 17.2 Å². The van der Waals surface area contributed by atoms with Gasteiger partial charge in [-0.15, -0.1) is 0 Å². The van der Waals surface area contributed by atoms with Crippen LogP contribution in [0.15, 0.2) is 43.0 Å². The zero-order valence-electron chi connectivity index (χ0n) is 23.5. The molecule has 0 aliphatic carbocycles. The molecule has 1 atom stereocenters. The highest BCUT2D eigenvalue weighted by molar-refractivity contribution is 6.34. The highest BCUT2D eigenvalue weighted by Gasteiger charge is 2.38. The maximum absolute atomic E-state index is 13.7. The van der Waals surface area contributed by atoms with Crippen molar-refractivity contribution in [3.8, 4) is 17.3 Å². The standard InChI is InChI=1S/C26H24ClF3N10O2.CH2O2/c1-15(25(42)38-9-5-32-6-10-38)35-24(41)17-3-2-16(12-19(17)27)36-22-23-34-13-20(40(23)11-7-33-22)18-14-39(8-4-31)37-21(18)26(28,29)30;2-1-3/h2-3,7,11-15,32H,5-6,8-10H2,1H3,(H,33,36)(H,35,41);1H,(H,2,3). The fraction of sp³-hybridized carbons (Fsp3) is 0.296. The number of carbonyl (C=O) groups excluding carboxylic acids is 2. The van der Waals surface area contributed by atoms with Crippen molar-refractivity contribution >= 4 is 47.0 Å². The first-order chi connectivity index (χ1) is 21.5. The highest BCUT2D eigenvalue weighted by Crippen LogP contribution is 2.37. The number of piperazine rings is 1. The summed E-state index contributed by atoms with van der Waals surface area (Å²) in [5.74, 6) is -0.486. The first-order valence-electron chi connectivity index (χ1n) is 13.3. The fourth-order valence-corrected chi connectivity index (χ4v) is 4.85. The maximum atomic E-state index is 13.7. The Balaban J connectivity index is 0.00000148. The van der Waals surface area contributed by atoms with Gasteiger partial charge in [-0.3, -0.25) is 23.5 Å². The molecule has 0 spiro atoms. The van der Waals surface area contributed by atoms with Gasteiger partial charge in [0.2, 0.25) is 5.91 Å². The van der Waals surface area contributed by atoms with Crippen LogP contribution in [0.25, 0.3) is 16.9 Å². The molecule has 2 amide bonds. The molecule has 3 aromatic heterocycles. The van der Waals surface area contributed by atoms with Gasteiger partial charge in [0.05, 0.1) is 34.1 Å². The third-order valence-corrected chi connectivity index (χ3v) is 6.90. The number of benzene rings is 1. The number of amides is 2. The lowest BCUT2D eigenvalue weighted by Gasteiger charge is -2.30. The van der Waals surface area contributed by atoms with E-state index in [1.807, 2.05) is 0 Å². The summed E-state index contributed by atoms with van der Waals surface area (Å²) >= 11 is 6.41. The van der Waals surface area contributed by atoms with E-state index in [1.165, 1.54) is 35.1 Å². The van der Waals surface area contributed by atoms with Crippen LogP contribution in [-0.2, 0) is 22.3 Å². The van der Waals surface area contributed by atoms with Crippen LogP contribution in [0.4, 0.5) is 24.7 Å². The number of aromatic nitrogens is 5. The second-order valence-corrected chi connectivity index (χ2v) is 9.96. The average Bonchev–Trinajstić information content (AvgIpc) is 3.63. The van der Waals surface area contributed by atoms with Crippen molar-refractivity contribution in [1.29, 1.82) is 5.26 Å². The predicted octanol–water partition coefficient (Wildman–Crippen LogP) is 2.78. The Morgan fingerprint density at radius 2 is 1.98 bits per heavy atom. The molecule has 1 aromatic carbocycles. The second kappa shape index (κ2) is 14.1. The number of hydrogen-bond acceptors (Lipinski definition) is 9. The van der Waals surface area contributed by atoms with Crippen LogP contribution in [0.5, 0.6) is 0 Å². The number of imidazole rings is 1. The van der Waals surface area contributed by atoms with E-state index in [1.54, 1.807) is 24.0 Å². The highest BCUT2D eigenvalue weighted by atomic mass is 35.5. The number of carbonyl (C=O) groups is 3. The Bertz CT molecular complexity index is 1740. The molecule has 1 fully saturated rings. The molecule has 4 heterocycles. The van der Waals surface area contributed by atoms with Crippen molar-refractivity contribution in [2.45, 2.75) is 25.7 Å². The van der Waals surface area contributed by atoms with Gasteiger partial charge in [0.1, 0.15) is 12.6 Å². The number of carboxylic acid groups (broad SMARTS) is 1. The van der Waals surface area contributed by atoms with E-state index >= 15 is 0 Å². The molecule has 0 radical (unpaired) electrons. The van der Waals surface area contributed by atoms with Crippen molar-refractivity contribution in [2.75, 3.05) is 31.5 Å². The molecule has 0 bridgehead atoms. The van der Waals surface area contributed by atoms with Crippen LogP contribution < -0.4 is 16.0 Å². The summed E-state index contributed by atoms with van der Waals surface area (Å²) in [7, 11) is 0. The molecule has 236 valence electrons. The monoisotopic (exact) mass is 646 g/mol. The molecule has 1 aliphatic rings. The molecule has 14 nitrogen and oxygen atoms in total. The molecule has 4 aromatic rings. The van der Waals surface area contributed by atoms with Crippen LogP contribution in [0.3, 0.4) is 0 Å². The number of nitrogens with zero attached hydrogens (tertiary/aromatic N) is 7. The first kappa shape index (κ1) is 32.7. The lowest BCUT2D eigenvalue weighted by atomic mass is 10.1. The maximum Gasteiger partial charge on any atom is 0.435 e. The zero-order chi connectivity index (χ0) is 32.7. The summed E-state index contributed by atoms with van der Waals surface area (Å²) < 4.78 is 43.5. The summed E-state index contributed by atoms with van der Waals surface area (Å²) in [5, 5.41) is 28.3. The first-order valence-corrected chi connectivity index (χ1v) is 13.6. The van der Waals surface area contributed by atoms with Crippen LogP contribution in [0, 0.1) is 11.3 Å². The number of hydrogen-bond donors (Lipinski definition) is 4. The van der Waals surface area contributed by atoms with E-state index in [0.29, 0.717) is 31.9 Å². The second-order valence-electron chi connectivity index (χ2n) is 9.55. The van der Waals surface area contributed by atoms with Gasteiger partial charge in [-0.05, 0) is 25.1 Å². The van der Waals surface area contributed by atoms with Crippen molar-refractivity contribution in [2.24, 2.45) is 0 Å². The van der Waals surface area contributed by atoms with Crippen molar-refractivity contribution in [3.05, 3.63) is 59.3 Å². The topological polar surface area (TPSA) is 183 Å². The molecular formula is C27H26ClF3N10O4. The van der Waals surface area contributed by atoms with Gasteiger partial charge in [-0.25, -0.2) is 9.97 Å². The minimum absolute atomic E-state index is 0.0986. The van der Waals surface area contributed by atoms with Crippen molar-refractivity contribution in [3.63, 3.8) is 0 Å². The minimum Gasteiger partial charge on any atom is -0.483 e. The van der Waals surface area contributed by atoms with E-state index in [4.69, 9.17) is 26.8 Å². The summed E-state index contributed by atoms with van der Waals surface area (Å²) in [5.41, 5.74) is -0.482. The predicted molar refractivity (Wildman–Crippen MR) is 155 cm³/mol. The molecule has 45 heavy (non-hydrogen) atoms. The molecule has 1 unspecified atom stereocenters. The van der Waals surface area contributed by atoms with Gasteiger partial charge < -0.3 is 26.0 Å². The van der Waals surface area contributed by atoms with Crippen molar-refractivity contribution in [1.82, 2.24) is 39.7 Å². The smallest absolute Gasteiger partial charge is 0.435 e. The van der Waals surface area contributed by atoms with Gasteiger partial charge >= 0.3 is 6.18 Å². The quantitative estimate of drug-likeness (QED) is 0.218. The van der Waals surface area contributed by atoms with Crippen LogP contribution in [-0.4, -0.2) is 84.7 Å². The van der Waals surface area contributed by atoms with Gasteiger partial charge in [0, 0.05) is 50.5 Å². The van der Waals surface area contributed by atoms with Gasteiger partial charge in [-0.1, -0.05) is 11.6 Å². The molecular weight excluding hydrogens is 621 g/mol. The normalized spacial score (nSPS) is 13.7. The largest absolute Gasteiger partial charge is 0.483 e. The SMILES string of the molecule is CC(NC(=O)c1ccc(Nc2nccn3c(-c4cn(CC#N)nc4C(F)(F)F)cnc23)cc1Cl)C(=O)N1CCNCC1.O=CO. The van der Waals surface area contributed by atoms with Gasteiger partial charge in [0.25, 0.3) is 12.4 Å². The molecule has 4 N–H and O–H groups in total. The van der Waals surface area contributed by atoms with Crippen LogP contribution in [0.1, 0.15) is 23.0 Å². The third-order valence-electron chi connectivity index (χ3n) is 6.59. The average molecular weight is 647 g/mol. The molecule has 1 aliphatic heterocycles. The lowest BCUT2D eigenvalue weighted by molar-refractivity contribution is -0.141. The van der Waals surface area contributed by atoms with E-state index in [-0.39, 0.29) is 52.2 Å². The minimum atomic E-state index is -4.75. The molecule has 1 saturated heterocycles. The number of nitrogens with one attached hydrogen (secondary N) is 3. The molecule has 18 heteroatoms. The Kier molecular flexibility index (Phi) is 10.2. The summed E-state index contributed by atoms with van der Waals surface area (Å²) in [6, 6.07) is 5.58. The van der Waals surface area contributed by atoms with Crippen molar-refractivity contribution < 1.29 is 32.7 Å². The molecule has 5 rings (SSSR count). The van der Waals surface area contributed by atoms with E-state index in [9.17, 15) is 22.8 Å². The van der Waals surface area contributed by atoms with E-state index in [2.05, 4.69) is 31.0 Å². The van der Waals surface area contributed by atoms with E-state index < -0.39 is 23.8 Å². The number of fused-ring (bicyclic) bond motifs is 1. The van der Waals surface area contributed by atoms with Crippen LogP contribution >= 0.6 is 11.6 Å². The summed E-state index contributed by atoms with van der Waals surface area (Å²) in [4.78, 5) is 44.1. The number of alkyl halides is 3. The zero-order valence-corrected chi connectivity index (χ0v) is 24.3. The van der Waals surface area contributed by atoms with E-state index in [0.717, 1.165) is 10.9 Å². The number of halogens is 4. The number of rotatable bonds is 7. The fourth-order valence-electron chi connectivity index (χ4n) is 4.59. The summed E-state index contributed by atoms with van der Waals surface area (Å²) in [6.45, 7) is 3.52. The Labute approximate surface area is 258 Å². The number of nitriles is 1. The summed E-state index contributed by atoms with van der Waals surface area (Å²) in [6.07, 6.45) is 0.482.